The molecular formula is C27H29NO5. The maximum Gasteiger partial charge on any atom is 0.311 e. The number of aryl methyl sites for hydroxylation is 1. The zero-order chi connectivity index (χ0) is 23.5. The average molecular weight is 448 g/mol. The van der Waals surface area contributed by atoms with E-state index in [1.54, 1.807) is 24.3 Å². The minimum absolute atomic E-state index is 0.299. The maximum atomic E-state index is 13.7. The lowest BCUT2D eigenvalue weighted by Gasteiger charge is -2.22. The summed E-state index contributed by atoms with van der Waals surface area (Å²) in [7, 11) is 0. The molecular weight excluding hydrogens is 418 g/mol. The molecule has 33 heavy (non-hydrogen) atoms. The first-order chi connectivity index (χ1) is 16.0. The van der Waals surface area contributed by atoms with Crippen molar-refractivity contribution in [1.82, 2.24) is 0 Å². The number of aliphatic hydroxyl groups excluding tert-OH is 1. The number of rotatable bonds is 8. The van der Waals surface area contributed by atoms with E-state index < -0.39 is 6.23 Å². The van der Waals surface area contributed by atoms with Crippen molar-refractivity contribution >= 4 is 28.3 Å². The fraction of sp³-hybridized carbons (Fsp3) is 0.333. The Morgan fingerprint density at radius 2 is 1.70 bits per heavy atom. The van der Waals surface area contributed by atoms with Crippen LogP contribution in [0.15, 0.2) is 48.5 Å². The van der Waals surface area contributed by atoms with Crippen LogP contribution < -0.4 is 14.4 Å². The topological polar surface area (TPSA) is 76.1 Å². The Morgan fingerprint density at radius 3 is 2.33 bits per heavy atom. The zero-order valence-corrected chi connectivity index (χ0v) is 19.3. The molecule has 0 saturated heterocycles. The lowest BCUT2D eigenvalue weighted by Crippen LogP contribution is -2.27. The van der Waals surface area contributed by atoms with Crippen LogP contribution in [-0.2, 0) is 11.2 Å². The molecule has 3 aromatic rings. The van der Waals surface area contributed by atoms with Gasteiger partial charge in [-0.25, -0.2) is 0 Å². The largest absolute Gasteiger partial charge is 0.492 e. The van der Waals surface area contributed by atoms with Gasteiger partial charge in [-0.2, -0.15) is 0 Å². The number of benzene rings is 3. The number of carbonyl (C=O) groups is 2. The van der Waals surface area contributed by atoms with Gasteiger partial charge in [0.25, 0.3) is 5.91 Å². The number of carbonyl (C=O) groups excluding carboxylic acids is 2. The summed E-state index contributed by atoms with van der Waals surface area (Å²) >= 11 is 0. The van der Waals surface area contributed by atoms with E-state index >= 15 is 0 Å². The van der Waals surface area contributed by atoms with Crippen molar-refractivity contribution in [1.29, 1.82) is 0 Å². The third-order valence-corrected chi connectivity index (χ3v) is 5.84. The molecule has 0 radical (unpaired) electrons. The molecule has 0 bridgehead atoms. The summed E-state index contributed by atoms with van der Waals surface area (Å²) in [6.45, 7) is 6.28. The first-order valence-corrected chi connectivity index (χ1v) is 11.5. The van der Waals surface area contributed by atoms with Gasteiger partial charge in [-0.3, -0.25) is 14.5 Å². The van der Waals surface area contributed by atoms with Crippen molar-refractivity contribution in [3.05, 3.63) is 65.2 Å². The molecule has 0 aromatic heterocycles. The van der Waals surface area contributed by atoms with E-state index in [-0.39, 0.29) is 11.9 Å². The molecule has 1 aliphatic heterocycles. The van der Waals surface area contributed by atoms with Crippen LogP contribution in [0.25, 0.3) is 10.8 Å². The van der Waals surface area contributed by atoms with E-state index in [1.807, 2.05) is 38.1 Å². The van der Waals surface area contributed by atoms with Gasteiger partial charge < -0.3 is 14.6 Å². The average Bonchev–Trinajstić information content (AvgIpc) is 3.07. The summed E-state index contributed by atoms with van der Waals surface area (Å²) in [4.78, 5) is 26.8. The summed E-state index contributed by atoms with van der Waals surface area (Å²) in [6, 6.07) is 14.5. The molecule has 1 amide bonds. The number of ether oxygens (including phenoxy) is 2. The second-order valence-electron chi connectivity index (χ2n) is 8.09. The third-order valence-electron chi connectivity index (χ3n) is 5.84. The van der Waals surface area contributed by atoms with Crippen molar-refractivity contribution in [3.63, 3.8) is 0 Å². The number of nitrogens with zero attached hydrogens (tertiary/aromatic N) is 1. The van der Waals surface area contributed by atoms with Crippen molar-refractivity contribution in [2.24, 2.45) is 0 Å². The molecule has 6 nitrogen and oxygen atoms in total. The maximum absolute atomic E-state index is 13.7. The summed E-state index contributed by atoms with van der Waals surface area (Å²) in [5, 5.41) is 13.2. The molecule has 6 heteroatoms. The van der Waals surface area contributed by atoms with Crippen molar-refractivity contribution in [2.45, 2.75) is 52.7 Å². The quantitative estimate of drug-likeness (QED) is 0.362. The van der Waals surface area contributed by atoms with Gasteiger partial charge in [0.15, 0.2) is 6.23 Å². The zero-order valence-electron chi connectivity index (χ0n) is 19.3. The molecule has 1 N–H and O–H groups in total. The molecule has 0 spiro atoms. The molecule has 1 atom stereocenters. The van der Waals surface area contributed by atoms with Crippen LogP contribution in [0.3, 0.4) is 0 Å². The molecule has 1 unspecified atom stereocenters. The fourth-order valence-electron chi connectivity index (χ4n) is 4.49. The Bertz CT molecular complexity index is 1190. The summed E-state index contributed by atoms with van der Waals surface area (Å²) < 4.78 is 11.3. The first-order valence-electron chi connectivity index (χ1n) is 11.5. The van der Waals surface area contributed by atoms with Crippen LogP contribution in [0.2, 0.25) is 0 Å². The number of anilines is 1. The molecule has 0 fully saturated rings. The van der Waals surface area contributed by atoms with E-state index in [9.17, 15) is 14.7 Å². The second-order valence-corrected chi connectivity index (χ2v) is 8.09. The molecule has 1 heterocycles. The Hall–Kier alpha value is -3.38. The van der Waals surface area contributed by atoms with Crippen LogP contribution in [0, 0.1) is 0 Å². The van der Waals surface area contributed by atoms with Gasteiger partial charge in [-0.05, 0) is 55.0 Å². The number of amides is 1. The van der Waals surface area contributed by atoms with Gasteiger partial charge in [0, 0.05) is 23.1 Å². The minimum atomic E-state index is -1.13. The molecule has 0 saturated carbocycles. The lowest BCUT2D eigenvalue weighted by molar-refractivity contribution is -0.134. The van der Waals surface area contributed by atoms with Gasteiger partial charge in [-0.15, -0.1) is 0 Å². The molecule has 172 valence electrons. The summed E-state index contributed by atoms with van der Waals surface area (Å²) in [5.74, 6) is 0.315. The monoisotopic (exact) mass is 447 g/mol. The van der Waals surface area contributed by atoms with Crippen molar-refractivity contribution in [2.75, 3.05) is 11.5 Å². The minimum Gasteiger partial charge on any atom is -0.492 e. The van der Waals surface area contributed by atoms with Gasteiger partial charge in [0.2, 0.25) is 0 Å². The number of aliphatic hydroxyl groups is 1. The molecule has 0 aliphatic carbocycles. The predicted molar refractivity (Wildman–Crippen MR) is 128 cm³/mol. The number of esters is 1. The molecule has 3 aromatic carbocycles. The second kappa shape index (κ2) is 9.63. The highest BCUT2D eigenvalue weighted by Gasteiger charge is 2.42. The van der Waals surface area contributed by atoms with Crippen LogP contribution >= 0.6 is 0 Å². The van der Waals surface area contributed by atoms with Gasteiger partial charge in [-0.1, -0.05) is 44.5 Å². The van der Waals surface area contributed by atoms with E-state index in [1.165, 1.54) is 4.90 Å². The Balaban J connectivity index is 1.80. The number of fused-ring (bicyclic) bond motifs is 2. The van der Waals surface area contributed by atoms with Crippen LogP contribution in [-0.4, -0.2) is 23.6 Å². The van der Waals surface area contributed by atoms with Crippen LogP contribution in [0.4, 0.5) is 5.69 Å². The van der Waals surface area contributed by atoms with Gasteiger partial charge in [0.05, 0.1) is 12.2 Å². The normalized spacial score (nSPS) is 15.1. The van der Waals surface area contributed by atoms with E-state index in [0.29, 0.717) is 47.8 Å². The Morgan fingerprint density at radius 1 is 1.00 bits per heavy atom. The fourth-order valence-corrected chi connectivity index (χ4v) is 4.49. The SMILES string of the molecule is CCCC(=O)Oc1ccc(N2C(=O)c3c(c(CCC)c4ccccc4c3OCC)C2O)cc1. The lowest BCUT2D eigenvalue weighted by atomic mass is 9.91. The Labute approximate surface area is 193 Å². The summed E-state index contributed by atoms with van der Waals surface area (Å²) in [5.41, 5.74) is 2.53. The molecule has 4 rings (SSSR count). The van der Waals surface area contributed by atoms with Crippen LogP contribution in [0.1, 0.15) is 67.7 Å². The highest BCUT2D eigenvalue weighted by atomic mass is 16.5. The van der Waals surface area contributed by atoms with Gasteiger partial charge >= 0.3 is 5.97 Å². The standard InChI is InChI=1S/C27H29NO5/c1-4-9-20-19-11-7-8-12-21(19)25(32-6-3)24-23(20)26(30)28(27(24)31)17-13-15-18(16-14-17)33-22(29)10-5-2/h7-8,11-16,26,30H,4-6,9-10H2,1-3H3. The van der Waals surface area contributed by atoms with Crippen molar-refractivity contribution in [3.8, 4) is 11.5 Å². The highest BCUT2D eigenvalue weighted by Crippen LogP contribution is 2.47. The first kappa shape index (κ1) is 22.8. The molecule has 1 aliphatic rings. The highest BCUT2D eigenvalue weighted by molar-refractivity contribution is 6.16. The number of hydrogen-bond donors (Lipinski definition) is 1. The van der Waals surface area contributed by atoms with E-state index in [2.05, 4.69) is 6.92 Å². The van der Waals surface area contributed by atoms with E-state index in [4.69, 9.17) is 9.47 Å². The van der Waals surface area contributed by atoms with Gasteiger partial charge in [0.1, 0.15) is 11.5 Å². The van der Waals surface area contributed by atoms with Crippen molar-refractivity contribution < 1.29 is 24.2 Å². The third kappa shape index (κ3) is 4.07. The summed E-state index contributed by atoms with van der Waals surface area (Å²) in [6.07, 6.45) is 1.53. The van der Waals surface area contributed by atoms with E-state index in [0.717, 1.165) is 29.2 Å². The predicted octanol–water partition coefficient (Wildman–Crippen LogP) is 5.55. The van der Waals surface area contributed by atoms with Crippen LogP contribution in [0.5, 0.6) is 11.5 Å². The number of hydrogen-bond acceptors (Lipinski definition) is 5. The smallest absolute Gasteiger partial charge is 0.311 e. The Kier molecular flexibility index (Phi) is 6.65.